The van der Waals surface area contributed by atoms with Crippen LogP contribution in [0.1, 0.15) is 0 Å². The Labute approximate surface area is 107 Å². The quantitative estimate of drug-likeness (QED) is 0.486. The molecule has 0 unspecified atom stereocenters. The van der Waals surface area contributed by atoms with Gasteiger partial charge >= 0.3 is 0 Å². The van der Waals surface area contributed by atoms with Gasteiger partial charge in [0.05, 0.1) is 0 Å². The molecule has 0 heterocycles. The van der Waals surface area contributed by atoms with Gasteiger partial charge in [0.15, 0.2) is 0 Å². The van der Waals surface area contributed by atoms with Crippen LogP contribution in [0.4, 0.5) is 0 Å². The molecule has 16 heavy (non-hydrogen) atoms. The number of fused-ring (bicyclic) bond motifs is 2. The van der Waals surface area contributed by atoms with Gasteiger partial charge in [0.1, 0.15) is 0 Å². The molecule has 0 radical (unpaired) electrons. The maximum Gasteiger partial charge on any atom is 0.0412 e. The molecule has 0 saturated heterocycles. The Bertz CT molecular complexity index is 689. The summed E-state index contributed by atoms with van der Waals surface area (Å²) in [5.74, 6) is 0. The van der Waals surface area contributed by atoms with Crippen molar-refractivity contribution in [3.8, 4) is 0 Å². The van der Waals surface area contributed by atoms with Crippen molar-refractivity contribution in [3.05, 3.63) is 58.0 Å². The third-order valence-electron chi connectivity index (χ3n) is 2.76. The van der Waals surface area contributed by atoms with E-state index in [0.29, 0.717) is 0 Å². The van der Waals surface area contributed by atoms with Crippen LogP contribution in [-0.4, -0.2) is 0 Å². The highest BCUT2D eigenvalue weighted by Gasteiger charge is 2.04. The molecular weight excluding hydrogens is 284 g/mol. The Hall–Kier alpha value is -1.05. The Morgan fingerprint density at radius 1 is 0.812 bits per heavy atom. The Morgan fingerprint density at radius 2 is 1.56 bits per heavy atom. The van der Waals surface area contributed by atoms with E-state index in [0.717, 1.165) is 14.9 Å². The van der Waals surface area contributed by atoms with E-state index >= 15 is 0 Å². The monoisotopic (exact) mass is 290 g/mol. The highest BCUT2D eigenvalue weighted by molar-refractivity contribution is 9.10. The van der Waals surface area contributed by atoms with Crippen molar-refractivity contribution in [1.82, 2.24) is 0 Å². The zero-order valence-corrected chi connectivity index (χ0v) is 10.7. The highest BCUT2D eigenvalue weighted by atomic mass is 79.9. The summed E-state index contributed by atoms with van der Waals surface area (Å²) in [6.45, 7) is 0. The van der Waals surface area contributed by atoms with Crippen LogP contribution in [0.15, 0.2) is 53.0 Å². The third-order valence-corrected chi connectivity index (χ3v) is 3.85. The maximum atomic E-state index is 6.02. The Morgan fingerprint density at radius 3 is 2.44 bits per heavy atom. The van der Waals surface area contributed by atoms with Crippen LogP contribution in [0, 0.1) is 0 Å². The average molecular weight is 292 g/mol. The fraction of sp³-hybridized carbons (Fsp3) is 0. The van der Waals surface area contributed by atoms with E-state index < -0.39 is 0 Å². The zero-order chi connectivity index (χ0) is 11.1. The molecule has 3 aromatic carbocycles. The van der Waals surface area contributed by atoms with Gasteiger partial charge in [-0.05, 0) is 55.7 Å². The SMILES string of the molecule is Clc1ccc2cc3ccccc3c(Br)c2c1. The fourth-order valence-corrected chi connectivity index (χ4v) is 2.86. The van der Waals surface area contributed by atoms with Crippen LogP contribution in [-0.2, 0) is 0 Å². The molecular formula is C14H8BrCl. The summed E-state index contributed by atoms with van der Waals surface area (Å²) < 4.78 is 1.11. The fourth-order valence-electron chi connectivity index (χ4n) is 1.98. The molecule has 78 valence electrons. The summed E-state index contributed by atoms with van der Waals surface area (Å²) in [4.78, 5) is 0. The first-order valence-corrected chi connectivity index (χ1v) is 6.19. The Kier molecular flexibility index (Phi) is 2.38. The number of benzene rings is 3. The van der Waals surface area contributed by atoms with Crippen LogP contribution >= 0.6 is 27.5 Å². The molecule has 0 aromatic heterocycles. The topological polar surface area (TPSA) is 0 Å². The predicted molar refractivity (Wildman–Crippen MR) is 74.2 cm³/mol. The van der Waals surface area contributed by atoms with Crippen molar-refractivity contribution in [2.45, 2.75) is 0 Å². The van der Waals surface area contributed by atoms with E-state index in [2.05, 4.69) is 46.3 Å². The molecule has 3 rings (SSSR count). The lowest BCUT2D eigenvalue weighted by Crippen LogP contribution is -1.79. The molecule has 0 fully saturated rings. The molecule has 0 N–H and O–H groups in total. The summed E-state index contributed by atoms with van der Waals surface area (Å²) in [5, 5.41) is 5.59. The maximum absolute atomic E-state index is 6.02. The summed E-state index contributed by atoms with van der Waals surface area (Å²) in [5.41, 5.74) is 0. The smallest absolute Gasteiger partial charge is 0.0412 e. The minimum Gasteiger partial charge on any atom is -0.0843 e. The molecule has 0 spiro atoms. The molecule has 0 amide bonds. The zero-order valence-electron chi connectivity index (χ0n) is 8.37. The minimum atomic E-state index is 0.767. The standard InChI is InChI=1S/C14H8BrCl/c15-14-12-4-2-1-3-9(12)7-10-5-6-11(16)8-13(10)14/h1-8H. The van der Waals surface area contributed by atoms with Gasteiger partial charge in [-0.3, -0.25) is 0 Å². The molecule has 0 aliphatic rings. The molecule has 2 heteroatoms. The average Bonchev–Trinajstić information content (AvgIpc) is 2.31. The van der Waals surface area contributed by atoms with Crippen molar-refractivity contribution in [2.75, 3.05) is 0 Å². The van der Waals surface area contributed by atoms with Crippen LogP contribution in [0.2, 0.25) is 5.02 Å². The molecule has 0 bridgehead atoms. The molecule has 0 atom stereocenters. The summed E-state index contributed by atoms with van der Waals surface area (Å²) >= 11 is 9.68. The summed E-state index contributed by atoms with van der Waals surface area (Å²) in [6.07, 6.45) is 0. The molecule has 0 nitrogen and oxygen atoms in total. The predicted octanol–water partition coefficient (Wildman–Crippen LogP) is 5.41. The minimum absolute atomic E-state index is 0.767. The van der Waals surface area contributed by atoms with Crippen molar-refractivity contribution in [3.63, 3.8) is 0 Å². The van der Waals surface area contributed by atoms with E-state index in [-0.39, 0.29) is 0 Å². The number of hydrogen-bond donors (Lipinski definition) is 0. The number of halogens is 2. The van der Waals surface area contributed by atoms with Gasteiger partial charge in [0, 0.05) is 9.50 Å². The van der Waals surface area contributed by atoms with E-state index in [4.69, 9.17) is 11.6 Å². The van der Waals surface area contributed by atoms with Crippen molar-refractivity contribution < 1.29 is 0 Å². The third kappa shape index (κ3) is 1.51. The lowest BCUT2D eigenvalue weighted by molar-refractivity contribution is 1.74. The van der Waals surface area contributed by atoms with Crippen LogP contribution in [0.3, 0.4) is 0 Å². The van der Waals surface area contributed by atoms with E-state index in [1.165, 1.54) is 16.2 Å². The van der Waals surface area contributed by atoms with Gasteiger partial charge in [0.25, 0.3) is 0 Å². The van der Waals surface area contributed by atoms with Gasteiger partial charge in [-0.15, -0.1) is 0 Å². The molecule has 0 saturated carbocycles. The molecule has 0 aliphatic carbocycles. The van der Waals surface area contributed by atoms with E-state index in [1.54, 1.807) is 0 Å². The summed E-state index contributed by atoms with van der Waals surface area (Å²) in [6, 6.07) is 16.5. The second kappa shape index (κ2) is 3.76. The normalized spacial score (nSPS) is 11.1. The van der Waals surface area contributed by atoms with Crippen LogP contribution in [0.5, 0.6) is 0 Å². The van der Waals surface area contributed by atoms with Crippen molar-refractivity contribution in [1.29, 1.82) is 0 Å². The lowest BCUT2D eigenvalue weighted by Gasteiger charge is -2.06. The summed E-state index contributed by atoms with van der Waals surface area (Å²) in [7, 11) is 0. The van der Waals surface area contributed by atoms with Crippen molar-refractivity contribution >= 4 is 49.1 Å². The van der Waals surface area contributed by atoms with Gasteiger partial charge in [0.2, 0.25) is 0 Å². The number of hydrogen-bond acceptors (Lipinski definition) is 0. The highest BCUT2D eigenvalue weighted by Crippen LogP contribution is 2.33. The van der Waals surface area contributed by atoms with Crippen LogP contribution < -0.4 is 0 Å². The second-order valence-electron chi connectivity index (χ2n) is 3.78. The van der Waals surface area contributed by atoms with E-state index in [9.17, 15) is 0 Å². The lowest BCUT2D eigenvalue weighted by atomic mass is 10.0. The van der Waals surface area contributed by atoms with E-state index in [1.807, 2.05) is 18.2 Å². The first kappa shape index (κ1) is 10.1. The first-order chi connectivity index (χ1) is 7.75. The van der Waals surface area contributed by atoms with Crippen LogP contribution in [0.25, 0.3) is 21.5 Å². The van der Waals surface area contributed by atoms with Gasteiger partial charge < -0.3 is 0 Å². The first-order valence-electron chi connectivity index (χ1n) is 5.02. The molecule has 0 aliphatic heterocycles. The van der Waals surface area contributed by atoms with Crippen molar-refractivity contribution in [2.24, 2.45) is 0 Å². The largest absolute Gasteiger partial charge is 0.0843 e. The van der Waals surface area contributed by atoms with Gasteiger partial charge in [-0.25, -0.2) is 0 Å². The van der Waals surface area contributed by atoms with Gasteiger partial charge in [-0.2, -0.15) is 0 Å². The molecule has 3 aromatic rings. The second-order valence-corrected chi connectivity index (χ2v) is 5.01. The van der Waals surface area contributed by atoms with Gasteiger partial charge in [-0.1, -0.05) is 41.9 Å². The number of rotatable bonds is 0. The Balaban J connectivity index is 2.56.